The number of thioether (sulfide) groups is 1. The normalized spacial score (nSPS) is 18.2. The molecule has 1 amide bonds. The Morgan fingerprint density at radius 2 is 2.41 bits per heavy atom. The fourth-order valence-corrected chi connectivity index (χ4v) is 2.73. The molecule has 0 spiro atoms. The van der Waals surface area contributed by atoms with Gasteiger partial charge in [0, 0.05) is 25.4 Å². The van der Waals surface area contributed by atoms with Crippen molar-refractivity contribution in [2.24, 2.45) is 7.05 Å². The second kappa shape index (κ2) is 4.85. The zero-order chi connectivity index (χ0) is 12.4. The highest BCUT2D eigenvalue weighted by atomic mass is 32.2. The van der Waals surface area contributed by atoms with Crippen LogP contribution in [0.3, 0.4) is 0 Å². The molecule has 1 aliphatic rings. The average molecular weight is 265 g/mol. The molecule has 88 valence electrons. The molecule has 0 aromatic carbocycles. The maximum Gasteiger partial charge on any atom is 0.266 e. The Hall–Kier alpha value is -1.40. The van der Waals surface area contributed by atoms with Gasteiger partial charge in [-0.2, -0.15) is 5.10 Å². The second-order valence-corrected chi connectivity index (χ2v) is 5.20. The van der Waals surface area contributed by atoms with E-state index >= 15 is 0 Å². The minimum absolute atomic E-state index is 0.0660. The first-order valence-corrected chi connectivity index (χ1v) is 6.19. The van der Waals surface area contributed by atoms with E-state index in [0.29, 0.717) is 15.8 Å². The van der Waals surface area contributed by atoms with Gasteiger partial charge in [0.2, 0.25) is 0 Å². The Balaban J connectivity index is 2.24. The van der Waals surface area contributed by atoms with Crippen molar-refractivity contribution < 1.29 is 4.79 Å². The third-order valence-electron chi connectivity index (χ3n) is 2.21. The van der Waals surface area contributed by atoms with Gasteiger partial charge in [0.15, 0.2) is 0 Å². The van der Waals surface area contributed by atoms with Gasteiger partial charge >= 0.3 is 0 Å². The van der Waals surface area contributed by atoms with Gasteiger partial charge in [-0.25, -0.2) is 0 Å². The molecule has 0 radical (unpaired) electrons. The van der Waals surface area contributed by atoms with E-state index in [1.165, 1.54) is 16.7 Å². The Bertz CT molecular complexity index is 519. The smallest absolute Gasteiger partial charge is 0.266 e. The fraction of sp³-hybridized carbons (Fsp3) is 0.182. The van der Waals surface area contributed by atoms with Gasteiger partial charge in [-0.15, -0.1) is 6.58 Å². The lowest BCUT2D eigenvalue weighted by atomic mass is 10.3. The number of thiocarbonyl (C=S) groups is 1. The van der Waals surface area contributed by atoms with E-state index in [1.54, 1.807) is 23.0 Å². The van der Waals surface area contributed by atoms with Crippen LogP contribution in [0.5, 0.6) is 0 Å². The predicted octanol–water partition coefficient (Wildman–Crippen LogP) is 1.81. The summed E-state index contributed by atoms with van der Waals surface area (Å²) in [4.78, 5) is 14.2. The summed E-state index contributed by atoms with van der Waals surface area (Å²) in [5, 5.41) is 4.05. The molecule has 1 aromatic heterocycles. The molecular formula is C11H11N3OS2. The molecule has 0 unspecified atom stereocenters. The summed E-state index contributed by atoms with van der Waals surface area (Å²) in [6, 6.07) is 0. The lowest BCUT2D eigenvalue weighted by Crippen LogP contribution is -2.27. The molecule has 2 heterocycles. The number of carbonyl (C=O) groups is 1. The van der Waals surface area contributed by atoms with Crippen LogP contribution in [0.1, 0.15) is 5.56 Å². The molecule has 1 aromatic rings. The van der Waals surface area contributed by atoms with Gasteiger partial charge in [0.25, 0.3) is 5.91 Å². The zero-order valence-electron chi connectivity index (χ0n) is 9.29. The van der Waals surface area contributed by atoms with Crippen molar-refractivity contribution in [3.05, 3.63) is 35.5 Å². The third kappa shape index (κ3) is 2.48. The van der Waals surface area contributed by atoms with Crippen LogP contribution >= 0.6 is 24.0 Å². The van der Waals surface area contributed by atoms with Crippen LogP contribution in [0, 0.1) is 0 Å². The van der Waals surface area contributed by atoms with E-state index in [4.69, 9.17) is 12.2 Å². The molecule has 1 saturated heterocycles. The first-order chi connectivity index (χ1) is 8.11. The van der Waals surface area contributed by atoms with Gasteiger partial charge in [0.1, 0.15) is 4.32 Å². The van der Waals surface area contributed by atoms with Crippen molar-refractivity contribution in [3.63, 3.8) is 0 Å². The Morgan fingerprint density at radius 3 is 3.00 bits per heavy atom. The van der Waals surface area contributed by atoms with Crippen LogP contribution in [0.2, 0.25) is 0 Å². The summed E-state index contributed by atoms with van der Waals surface area (Å²) >= 11 is 6.45. The summed E-state index contributed by atoms with van der Waals surface area (Å²) in [5.74, 6) is -0.0660. The molecule has 2 rings (SSSR count). The summed E-state index contributed by atoms with van der Waals surface area (Å²) in [6.45, 7) is 4.06. The van der Waals surface area contributed by atoms with Gasteiger partial charge < -0.3 is 0 Å². The minimum Gasteiger partial charge on any atom is -0.289 e. The number of rotatable bonds is 3. The van der Waals surface area contributed by atoms with Crippen molar-refractivity contribution in [1.82, 2.24) is 14.7 Å². The molecule has 1 fully saturated rings. The summed E-state index contributed by atoms with van der Waals surface area (Å²) in [6.07, 6.45) is 7.02. The quantitative estimate of drug-likeness (QED) is 0.474. The fourth-order valence-electron chi connectivity index (χ4n) is 1.45. The lowest BCUT2D eigenvalue weighted by Gasteiger charge is -2.10. The number of carbonyl (C=O) groups excluding carboxylic acids is 1. The van der Waals surface area contributed by atoms with Crippen LogP contribution in [0.25, 0.3) is 6.08 Å². The summed E-state index contributed by atoms with van der Waals surface area (Å²) in [5.41, 5.74) is 0.895. The van der Waals surface area contributed by atoms with Gasteiger partial charge in [-0.3, -0.25) is 14.4 Å². The number of amides is 1. The number of nitrogens with zero attached hydrogens (tertiary/aromatic N) is 3. The first kappa shape index (κ1) is 12.1. The molecule has 0 bridgehead atoms. The first-order valence-electron chi connectivity index (χ1n) is 4.96. The van der Waals surface area contributed by atoms with Gasteiger partial charge in [-0.1, -0.05) is 30.1 Å². The van der Waals surface area contributed by atoms with Crippen molar-refractivity contribution >= 4 is 40.3 Å². The number of aryl methyl sites for hydroxylation is 1. The number of hydrogen-bond acceptors (Lipinski definition) is 4. The van der Waals surface area contributed by atoms with Crippen LogP contribution in [-0.2, 0) is 11.8 Å². The molecule has 0 saturated carbocycles. The van der Waals surface area contributed by atoms with Crippen LogP contribution in [-0.4, -0.2) is 31.5 Å². The van der Waals surface area contributed by atoms with E-state index in [2.05, 4.69) is 11.7 Å². The SMILES string of the molecule is C=CCN1C(=O)/C(=C\c2cnn(C)c2)SC1=S. The van der Waals surface area contributed by atoms with E-state index in [-0.39, 0.29) is 5.91 Å². The third-order valence-corrected chi connectivity index (χ3v) is 3.59. The van der Waals surface area contributed by atoms with Crippen molar-refractivity contribution in [3.8, 4) is 0 Å². The highest BCUT2D eigenvalue weighted by Gasteiger charge is 2.30. The summed E-state index contributed by atoms with van der Waals surface area (Å²) in [7, 11) is 1.83. The van der Waals surface area contributed by atoms with Crippen molar-refractivity contribution in [1.29, 1.82) is 0 Å². The van der Waals surface area contributed by atoms with Gasteiger partial charge in [-0.05, 0) is 6.08 Å². The van der Waals surface area contributed by atoms with E-state index in [9.17, 15) is 4.79 Å². The molecule has 4 nitrogen and oxygen atoms in total. The predicted molar refractivity (Wildman–Crippen MR) is 73.3 cm³/mol. The molecule has 0 aliphatic carbocycles. The van der Waals surface area contributed by atoms with Crippen LogP contribution < -0.4 is 0 Å². The molecule has 17 heavy (non-hydrogen) atoms. The van der Waals surface area contributed by atoms with Crippen molar-refractivity contribution in [2.45, 2.75) is 0 Å². The topological polar surface area (TPSA) is 38.1 Å². The monoisotopic (exact) mass is 265 g/mol. The van der Waals surface area contributed by atoms with Crippen LogP contribution in [0.4, 0.5) is 0 Å². The van der Waals surface area contributed by atoms with Crippen molar-refractivity contribution in [2.75, 3.05) is 6.54 Å². The molecular weight excluding hydrogens is 254 g/mol. The largest absolute Gasteiger partial charge is 0.289 e. The highest BCUT2D eigenvalue weighted by molar-refractivity contribution is 8.26. The maximum atomic E-state index is 12.0. The Kier molecular flexibility index (Phi) is 3.44. The number of aromatic nitrogens is 2. The molecule has 0 N–H and O–H groups in total. The van der Waals surface area contributed by atoms with E-state index < -0.39 is 0 Å². The summed E-state index contributed by atoms with van der Waals surface area (Å²) < 4.78 is 2.26. The lowest BCUT2D eigenvalue weighted by molar-refractivity contribution is -0.121. The molecule has 6 heteroatoms. The Labute approximate surface area is 109 Å². The minimum atomic E-state index is -0.0660. The standard InChI is InChI=1S/C11H11N3OS2/c1-3-4-14-10(15)9(17-11(14)16)5-8-6-12-13(2)7-8/h3,5-7H,1,4H2,2H3/b9-5+. The second-order valence-electron chi connectivity index (χ2n) is 3.53. The zero-order valence-corrected chi connectivity index (χ0v) is 10.9. The molecule has 0 atom stereocenters. The maximum absolute atomic E-state index is 12.0. The number of hydrogen-bond donors (Lipinski definition) is 0. The van der Waals surface area contributed by atoms with Gasteiger partial charge in [0.05, 0.1) is 11.1 Å². The van der Waals surface area contributed by atoms with Crippen LogP contribution in [0.15, 0.2) is 30.0 Å². The average Bonchev–Trinajstić information content (AvgIpc) is 2.79. The Morgan fingerprint density at radius 1 is 1.65 bits per heavy atom. The van der Waals surface area contributed by atoms with E-state index in [1.807, 2.05) is 13.2 Å². The highest BCUT2D eigenvalue weighted by Crippen LogP contribution is 2.32. The molecule has 1 aliphatic heterocycles. The van der Waals surface area contributed by atoms with E-state index in [0.717, 1.165) is 5.56 Å².